The fourth-order valence-electron chi connectivity index (χ4n) is 3.54. The highest BCUT2D eigenvalue weighted by Crippen LogP contribution is 2.24. The molecule has 1 fully saturated rings. The molecule has 1 aromatic heterocycles. The fourth-order valence-corrected chi connectivity index (χ4v) is 3.90. The Hall–Kier alpha value is -2.67. The van der Waals surface area contributed by atoms with E-state index in [1.165, 1.54) is 5.69 Å². The Balaban J connectivity index is 1.44. The Labute approximate surface area is 169 Å². The van der Waals surface area contributed by atoms with Crippen LogP contribution in [0.3, 0.4) is 0 Å². The van der Waals surface area contributed by atoms with Gasteiger partial charge < -0.3 is 14.9 Å². The van der Waals surface area contributed by atoms with Gasteiger partial charge in [0.05, 0.1) is 5.69 Å². The van der Waals surface area contributed by atoms with Crippen LogP contribution in [0.15, 0.2) is 53.7 Å². The van der Waals surface area contributed by atoms with Crippen LogP contribution in [0.4, 0.5) is 11.4 Å². The molecule has 146 valence electrons. The predicted molar refractivity (Wildman–Crippen MR) is 115 cm³/mol. The number of phenols is 1. The minimum absolute atomic E-state index is 0.311. The number of piperazine rings is 1. The standard InChI is InChI=1S/C21H25N5OS/c1-3-20-22-21(28-2)23-26(20)18-6-4-16(5-7-18)24-12-14-25(15-13-24)17-8-10-19(27)11-9-17/h4-11,27H,3,12-15H2,1-2H3. The molecule has 0 bridgehead atoms. The van der Waals surface area contributed by atoms with Crippen molar-refractivity contribution in [3.8, 4) is 11.4 Å². The van der Waals surface area contributed by atoms with Crippen molar-refractivity contribution in [3.05, 3.63) is 54.4 Å². The molecule has 2 aromatic carbocycles. The quantitative estimate of drug-likeness (QED) is 0.667. The number of anilines is 2. The lowest BCUT2D eigenvalue weighted by Crippen LogP contribution is -2.46. The molecule has 1 aliphatic heterocycles. The summed E-state index contributed by atoms with van der Waals surface area (Å²) in [5.74, 6) is 1.30. The molecule has 3 aromatic rings. The molecule has 28 heavy (non-hydrogen) atoms. The van der Waals surface area contributed by atoms with E-state index >= 15 is 0 Å². The number of benzene rings is 2. The molecule has 0 unspecified atom stereocenters. The Morgan fingerprint density at radius 3 is 1.86 bits per heavy atom. The molecule has 2 heterocycles. The molecule has 6 nitrogen and oxygen atoms in total. The van der Waals surface area contributed by atoms with Gasteiger partial charge in [0.1, 0.15) is 11.6 Å². The van der Waals surface area contributed by atoms with E-state index in [1.807, 2.05) is 23.1 Å². The minimum atomic E-state index is 0.311. The Morgan fingerprint density at radius 2 is 1.36 bits per heavy atom. The van der Waals surface area contributed by atoms with E-state index in [0.29, 0.717) is 5.75 Å². The molecule has 1 saturated heterocycles. The summed E-state index contributed by atoms with van der Waals surface area (Å²) in [6.45, 7) is 5.98. The molecular formula is C21H25N5OS. The van der Waals surface area contributed by atoms with Gasteiger partial charge in [-0.05, 0) is 54.8 Å². The summed E-state index contributed by atoms with van der Waals surface area (Å²) >= 11 is 1.57. The summed E-state index contributed by atoms with van der Waals surface area (Å²) in [6.07, 6.45) is 2.86. The van der Waals surface area contributed by atoms with E-state index in [4.69, 9.17) is 0 Å². The first-order valence-electron chi connectivity index (χ1n) is 9.57. The summed E-state index contributed by atoms with van der Waals surface area (Å²) < 4.78 is 1.94. The van der Waals surface area contributed by atoms with Gasteiger partial charge in [0, 0.05) is 44.0 Å². The van der Waals surface area contributed by atoms with Crippen LogP contribution in [0.1, 0.15) is 12.7 Å². The van der Waals surface area contributed by atoms with Gasteiger partial charge in [0.25, 0.3) is 0 Å². The molecule has 4 rings (SSSR count). The largest absolute Gasteiger partial charge is 0.508 e. The summed E-state index contributed by atoms with van der Waals surface area (Å²) in [5, 5.41) is 14.9. The zero-order chi connectivity index (χ0) is 19.5. The third-order valence-electron chi connectivity index (χ3n) is 5.11. The SMILES string of the molecule is CCc1nc(SC)nn1-c1ccc(N2CCN(c3ccc(O)cc3)CC2)cc1. The molecular weight excluding hydrogens is 370 g/mol. The number of hydrogen-bond acceptors (Lipinski definition) is 6. The van der Waals surface area contributed by atoms with E-state index < -0.39 is 0 Å². The maximum atomic E-state index is 9.46. The van der Waals surface area contributed by atoms with E-state index in [9.17, 15) is 5.11 Å². The van der Waals surface area contributed by atoms with Crippen molar-refractivity contribution < 1.29 is 5.11 Å². The van der Waals surface area contributed by atoms with Crippen LogP contribution in [0.25, 0.3) is 5.69 Å². The molecule has 0 atom stereocenters. The first kappa shape index (κ1) is 18.7. The third kappa shape index (κ3) is 3.80. The maximum Gasteiger partial charge on any atom is 0.208 e. The van der Waals surface area contributed by atoms with Crippen molar-refractivity contribution in [3.63, 3.8) is 0 Å². The highest BCUT2D eigenvalue weighted by molar-refractivity contribution is 7.98. The summed E-state index contributed by atoms with van der Waals surface area (Å²) in [5.41, 5.74) is 3.45. The van der Waals surface area contributed by atoms with E-state index in [-0.39, 0.29) is 0 Å². The van der Waals surface area contributed by atoms with Crippen molar-refractivity contribution in [2.45, 2.75) is 18.5 Å². The molecule has 1 N–H and O–H groups in total. The Morgan fingerprint density at radius 1 is 0.857 bits per heavy atom. The second-order valence-electron chi connectivity index (χ2n) is 6.79. The lowest BCUT2D eigenvalue weighted by atomic mass is 10.2. The number of aromatic nitrogens is 3. The van der Waals surface area contributed by atoms with Crippen LogP contribution in [-0.2, 0) is 6.42 Å². The number of aryl methyl sites for hydroxylation is 1. The second kappa shape index (κ2) is 8.14. The normalized spacial score (nSPS) is 14.5. The van der Waals surface area contributed by atoms with Crippen LogP contribution in [0, 0.1) is 0 Å². The molecule has 0 amide bonds. The monoisotopic (exact) mass is 395 g/mol. The second-order valence-corrected chi connectivity index (χ2v) is 7.56. The van der Waals surface area contributed by atoms with Crippen molar-refractivity contribution >= 4 is 23.1 Å². The zero-order valence-corrected chi connectivity index (χ0v) is 17.1. The van der Waals surface area contributed by atoms with Crippen LogP contribution >= 0.6 is 11.8 Å². The number of phenolic OH excluding ortho intramolecular Hbond substituents is 1. The average molecular weight is 396 g/mol. The first-order valence-corrected chi connectivity index (χ1v) is 10.8. The average Bonchev–Trinajstić information content (AvgIpc) is 3.18. The molecule has 0 spiro atoms. The van der Waals surface area contributed by atoms with Gasteiger partial charge >= 0.3 is 0 Å². The number of hydrogen-bond donors (Lipinski definition) is 1. The predicted octanol–water partition coefficient (Wildman–Crippen LogP) is 3.58. The number of rotatable bonds is 5. The van der Waals surface area contributed by atoms with Gasteiger partial charge in [-0.1, -0.05) is 18.7 Å². The van der Waals surface area contributed by atoms with Crippen LogP contribution in [-0.4, -0.2) is 52.3 Å². The summed E-state index contributed by atoms with van der Waals surface area (Å²) in [7, 11) is 0. The molecule has 0 saturated carbocycles. The van der Waals surface area contributed by atoms with Crippen molar-refractivity contribution in [1.29, 1.82) is 0 Å². The fraction of sp³-hybridized carbons (Fsp3) is 0.333. The molecule has 0 aliphatic carbocycles. The maximum absolute atomic E-state index is 9.46. The van der Waals surface area contributed by atoms with Crippen molar-refractivity contribution in [1.82, 2.24) is 14.8 Å². The topological polar surface area (TPSA) is 57.4 Å². The van der Waals surface area contributed by atoms with Gasteiger partial charge in [-0.2, -0.15) is 0 Å². The zero-order valence-electron chi connectivity index (χ0n) is 16.2. The van der Waals surface area contributed by atoms with Gasteiger partial charge in [0.15, 0.2) is 0 Å². The minimum Gasteiger partial charge on any atom is -0.508 e. The number of thioether (sulfide) groups is 1. The van der Waals surface area contributed by atoms with Gasteiger partial charge in [-0.3, -0.25) is 0 Å². The van der Waals surface area contributed by atoms with E-state index in [0.717, 1.165) is 55.0 Å². The molecule has 7 heteroatoms. The van der Waals surface area contributed by atoms with Gasteiger partial charge in [0.2, 0.25) is 5.16 Å². The Kier molecular flexibility index (Phi) is 5.43. The Bertz CT molecular complexity index is 915. The highest BCUT2D eigenvalue weighted by Gasteiger charge is 2.18. The van der Waals surface area contributed by atoms with E-state index in [2.05, 4.69) is 51.1 Å². The van der Waals surface area contributed by atoms with Gasteiger partial charge in [-0.25, -0.2) is 9.67 Å². The van der Waals surface area contributed by atoms with Crippen LogP contribution in [0.5, 0.6) is 5.75 Å². The highest BCUT2D eigenvalue weighted by atomic mass is 32.2. The van der Waals surface area contributed by atoms with Crippen LogP contribution in [0.2, 0.25) is 0 Å². The lowest BCUT2D eigenvalue weighted by molar-refractivity contribution is 0.475. The number of nitrogens with zero attached hydrogens (tertiary/aromatic N) is 5. The van der Waals surface area contributed by atoms with Crippen molar-refractivity contribution in [2.24, 2.45) is 0 Å². The van der Waals surface area contributed by atoms with Crippen molar-refractivity contribution in [2.75, 3.05) is 42.2 Å². The summed E-state index contributed by atoms with van der Waals surface area (Å²) in [6, 6.07) is 16.0. The first-order chi connectivity index (χ1) is 13.7. The van der Waals surface area contributed by atoms with Gasteiger partial charge in [-0.15, -0.1) is 5.10 Å². The van der Waals surface area contributed by atoms with Crippen LogP contribution < -0.4 is 9.80 Å². The molecule has 1 aliphatic rings. The summed E-state index contributed by atoms with van der Waals surface area (Å²) in [4.78, 5) is 9.33. The van der Waals surface area contributed by atoms with E-state index in [1.54, 1.807) is 23.9 Å². The third-order valence-corrected chi connectivity index (χ3v) is 5.65. The lowest BCUT2D eigenvalue weighted by Gasteiger charge is -2.37. The molecule has 0 radical (unpaired) electrons. The smallest absolute Gasteiger partial charge is 0.208 e. The number of aromatic hydroxyl groups is 1.